The summed E-state index contributed by atoms with van der Waals surface area (Å²) >= 11 is 5.89. The molecular formula is C22H19ClF2N2O3. The number of hydrogen-bond donors (Lipinski definition) is 1. The Balaban J connectivity index is 1.42. The standard InChI is InChI=1S/C22H19ClF2N2O3/c23-15-4-1-13(2-5-15)20-11-26-21(30-20)7-8-22(29)27-12-16(28)10-19(27)14-3-6-17(24)18(25)9-14/h1-6,9,11,16,19,28H,7-8,10,12H2/t16-,19+/m1/s1. The molecule has 156 valence electrons. The Labute approximate surface area is 176 Å². The zero-order valence-corrected chi connectivity index (χ0v) is 16.6. The molecule has 3 aromatic rings. The first-order valence-corrected chi connectivity index (χ1v) is 9.91. The van der Waals surface area contributed by atoms with Crippen molar-refractivity contribution in [1.82, 2.24) is 9.88 Å². The number of carbonyl (C=O) groups is 1. The summed E-state index contributed by atoms with van der Waals surface area (Å²) in [4.78, 5) is 18.5. The molecular weight excluding hydrogens is 414 g/mol. The van der Waals surface area contributed by atoms with E-state index >= 15 is 0 Å². The van der Waals surface area contributed by atoms with Gasteiger partial charge in [0, 0.05) is 30.0 Å². The highest BCUT2D eigenvalue weighted by Crippen LogP contribution is 2.33. The Bertz CT molecular complexity index is 1050. The van der Waals surface area contributed by atoms with Gasteiger partial charge in [-0.1, -0.05) is 17.7 Å². The minimum absolute atomic E-state index is 0.119. The van der Waals surface area contributed by atoms with Crippen LogP contribution in [-0.2, 0) is 11.2 Å². The molecule has 1 N–H and O–H groups in total. The molecule has 0 saturated carbocycles. The third-order valence-electron chi connectivity index (χ3n) is 5.16. The SMILES string of the molecule is O=C(CCc1ncc(-c2ccc(Cl)cc2)o1)N1C[C@H](O)C[C@H]1c1ccc(F)c(F)c1. The molecule has 2 atom stereocenters. The summed E-state index contributed by atoms with van der Waals surface area (Å²) in [6, 6.07) is 10.2. The lowest BCUT2D eigenvalue weighted by Gasteiger charge is -2.24. The predicted molar refractivity (Wildman–Crippen MR) is 107 cm³/mol. The minimum atomic E-state index is -0.976. The summed E-state index contributed by atoms with van der Waals surface area (Å²) in [5, 5.41) is 10.7. The fourth-order valence-corrected chi connectivity index (χ4v) is 3.78. The molecule has 1 aromatic heterocycles. The van der Waals surface area contributed by atoms with Crippen molar-refractivity contribution in [2.24, 2.45) is 0 Å². The van der Waals surface area contributed by atoms with Crippen molar-refractivity contribution in [2.75, 3.05) is 6.54 Å². The van der Waals surface area contributed by atoms with Gasteiger partial charge in [0.25, 0.3) is 0 Å². The summed E-state index contributed by atoms with van der Waals surface area (Å²) in [6.07, 6.45) is 1.55. The lowest BCUT2D eigenvalue weighted by molar-refractivity contribution is -0.132. The second-order valence-corrected chi connectivity index (χ2v) is 7.69. The van der Waals surface area contributed by atoms with Gasteiger partial charge >= 0.3 is 0 Å². The number of rotatable bonds is 5. The van der Waals surface area contributed by atoms with Gasteiger partial charge in [0.1, 0.15) is 0 Å². The number of oxazole rings is 1. The van der Waals surface area contributed by atoms with Crippen LogP contribution in [0.4, 0.5) is 8.78 Å². The van der Waals surface area contributed by atoms with E-state index in [2.05, 4.69) is 4.98 Å². The first-order chi connectivity index (χ1) is 14.4. The molecule has 2 heterocycles. The first kappa shape index (κ1) is 20.5. The number of aromatic nitrogens is 1. The summed E-state index contributed by atoms with van der Waals surface area (Å²) in [5.41, 5.74) is 1.28. The number of aliphatic hydroxyl groups excluding tert-OH is 1. The highest BCUT2D eigenvalue weighted by Gasteiger charge is 2.35. The number of amides is 1. The average molecular weight is 433 g/mol. The molecule has 8 heteroatoms. The van der Waals surface area contributed by atoms with E-state index in [1.165, 1.54) is 11.0 Å². The van der Waals surface area contributed by atoms with Gasteiger partial charge < -0.3 is 14.4 Å². The molecule has 1 fully saturated rings. The summed E-state index contributed by atoms with van der Waals surface area (Å²) < 4.78 is 32.6. The molecule has 1 amide bonds. The van der Waals surface area contributed by atoms with Gasteiger partial charge in [-0.05, 0) is 48.4 Å². The number of halogens is 3. The number of aliphatic hydroxyl groups is 1. The van der Waals surface area contributed by atoms with Gasteiger partial charge in [-0.2, -0.15) is 0 Å². The van der Waals surface area contributed by atoms with E-state index in [4.69, 9.17) is 16.0 Å². The van der Waals surface area contributed by atoms with E-state index in [-0.39, 0.29) is 31.7 Å². The molecule has 5 nitrogen and oxygen atoms in total. The minimum Gasteiger partial charge on any atom is -0.441 e. The molecule has 0 radical (unpaired) electrons. The summed E-state index contributed by atoms with van der Waals surface area (Å²) in [5.74, 6) is -1.15. The van der Waals surface area contributed by atoms with Crippen LogP contribution >= 0.6 is 11.6 Å². The number of aryl methyl sites for hydroxylation is 1. The van der Waals surface area contributed by atoms with Crippen LogP contribution in [0.25, 0.3) is 11.3 Å². The molecule has 0 spiro atoms. The van der Waals surface area contributed by atoms with Gasteiger partial charge in [0.05, 0.1) is 18.3 Å². The van der Waals surface area contributed by atoms with Crippen LogP contribution in [0.15, 0.2) is 53.1 Å². The van der Waals surface area contributed by atoms with Crippen LogP contribution in [0.1, 0.15) is 30.3 Å². The Hall–Kier alpha value is -2.77. The van der Waals surface area contributed by atoms with Crippen molar-refractivity contribution in [2.45, 2.75) is 31.4 Å². The second kappa shape index (κ2) is 8.53. The molecule has 1 aliphatic rings. The number of β-amino-alcohol motifs (C(OH)–C–C–N with tert-alkyl or cyclic N) is 1. The Morgan fingerprint density at radius 3 is 2.70 bits per heavy atom. The number of nitrogens with zero attached hydrogens (tertiary/aromatic N) is 2. The second-order valence-electron chi connectivity index (χ2n) is 7.25. The Morgan fingerprint density at radius 1 is 1.20 bits per heavy atom. The monoisotopic (exact) mass is 432 g/mol. The zero-order chi connectivity index (χ0) is 21.3. The lowest BCUT2D eigenvalue weighted by atomic mass is 10.0. The maximum atomic E-state index is 13.6. The van der Waals surface area contributed by atoms with Crippen molar-refractivity contribution < 1.29 is 23.1 Å². The molecule has 1 aliphatic heterocycles. The van der Waals surface area contributed by atoms with Crippen molar-refractivity contribution in [3.05, 3.63) is 76.8 Å². The Kier molecular flexibility index (Phi) is 5.83. The normalized spacial score (nSPS) is 18.7. The predicted octanol–water partition coefficient (Wildman–Crippen LogP) is 4.54. The van der Waals surface area contributed by atoms with Crippen LogP contribution in [0.2, 0.25) is 5.02 Å². The van der Waals surface area contributed by atoms with Crippen LogP contribution in [-0.4, -0.2) is 33.5 Å². The molecule has 0 bridgehead atoms. The average Bonchev–Trinajstić information content (AvgIpc) is 3.36. The van der Waals surface area contributed by atoms with E-state index in [9.17, 15) is 18.7 Å². The maximum Gasteiger partial charge on any atom is 0.223 e. The van der Waals surface area contributed by atoms with Gasteiger partial charge in [-0.3, -0.25) is 4.79 Å². The van der Waals surface area contributed by atoms with Gasteiger partial charge in [-0.15, -0.1) is 0 Å². The summed E-state index contributed by atoms with van der Waals surface area (Å²) in [7, 11) is 0. The van der Waals surface area contributed by atoms with Crippen molar-refractivity contribution in [1.29, 1.82) is 0 Å². The number of benzene rings is 2. The van der Waals surface area contributed by atoms with Crippen LogP contribution < -0.4 is 0 Å². The molecule has 2 aromatic carbocycles. The molecule has 0 aliphatic carbocycles. The summed E-state index contributed by atoms with van der Waals surface area (Å²) in [6.45, 7) is 0.143. The Morgan fingerprint density at radius 2 is 1.97 bits per heavy atom. The van der Waals surface area contributed by atoms with E-state index < -0.39 is 23.8 Å². The van der Waals surface area contributed by atoms with Gasteiger partial charge in [0.2, 0.25) is 5.91 Å². The van der Waals surface area contributed by atoms with Crippen molar-refractivity contribution >= 4 is 17.5 Å². The molecule has 1 saturated heterocycles. The fraction of sp³-hybridized carbons (Fsp3) is 0.273. The van der Waals surface area contributed by atoms with Crippen molar-refractivity contribution in [3.63, 3.8) is 0 Å². The third kappa shape index (κ3) is 4.37. The van der Waals surface area contributed by atoms with Gasteiger partial charge in [-0.25, -0.2) is 13.8 Å². The fourth-order valence-electron chi connectivity index (χ4n) is 3.66. The van der Waals surface area contributed by atoms with E-state index in [0.29, 0.717) is 22.2 Å². The third-order valence-corrected chi connectivity index (χ3v) is 5.41. The molecule has 30 heavy (non-hydrogen) atoms. The number of hydrogen-bond acceptors (Lipinski definition) is 4. The smallest absolute Gasteiger partial charge is 0.223 e. The van der Waals surface area contributed by atoms with Crippen molar-refractivity contribution in [3.8, 4) is 11.3 Å². The van der Waals surface area contributed by atoms with Crippen LogP contribution in [0, 0.1) is 11.6 Å². The van der Waals surface area contributed by atoms with Gasteiger partial charge in [0.15, 0.2) is 23.3 Å². The quantitative estimate of drug-likeness (QED) is 0.642. The largest absolute Gasteiger partial charge is 0.441 e. The molecule has 0 unspecified atom stereocenters. The maximum absolute atomic E-state index is 13.6. The number of carbonyl (C=O) groups excluding carboxylic acids is 1. The first-order valence-electron chi connectivity index (χ1n) is 9.54. The number of likely N-dealkylation sites (tertiary alicyclic amines) is 1. The van der Waals surface area contributed by atoms with E-state index in [1.807, 2.05) is 12.1 Å². The highest BCUT2D eigenvalue weighted by molar-refractivity contribution is 6.30. The van der Waals surface area contributed by atoms with E-state index in [0.717, 1.165) is 17.7 Å². The highest BCUT2D eigenvalue weighted by atomic mass is 35.5. The topological polar surface area (TPSA) is 66.6 Å². The zero-order valence-electron chi connectivity index (χ0n) is 15.9. The van der Waals surface area contributed by atoms with Crippen LogP contribution in [0.5, 0.6) is 0 Å². The molecule has 4 rings (SSSR count). The lowest BCUT2D eigenvalue weighted by Crippen LogP contribution is -2.32. The van der Waals surface area contributed by atoms with E-state index in [1.54, 1.807) is 18.3 Å². The van der Waals surface area contributed by atoms with Crippen LogP contribution in [0.3, 0.4) is 0 Å².